The summed E-state index contributed by atoms with van der Waals surface area (Å²) in [6, 6.07) is 9.51. The third-order valence-corrected chi connectivity index (χ3v) is 4.84. The number of anilines is 3. The predicted octanol–water partition coefficient (Wildman–Crippen LogP) is 2.46. The Morgan fingerprint density at radius 3 is 2.86 bits per heavy atom. The minimum Gasteiger partial charge on any atom is -0.482 e. The van der Waals surface area contributed by atoms with Crippen LogP contribution < -0.4 is 20.3 Å². The summed E-state index contributed by atoms with van der Waals surface area (Å²) < 4.78 is 19.1. The maximum Gasteiger partial charge on any atom is 0.262 e. The number of nitrogens with zero attached hydrogens (tertiary/aromatic N) is 1. The molecular formula is C20H18FN3O4. The van der Waals surface area contributed by atoms with E-state index < -0.39 is 11.7 Å². The Balaban J connectivity index is 1.46. The van der Waals surface area contributed by atoms with Crippen LogP contribution in [0.1, 0.15) is 12.0 Å². The number of amides is 3. The van der Waals surface area contributed by atoms with Crippen molar-refractivity contribution in [2.45, 2.75) is 13.3 Å². The lowest BCUT2D eigenvalue weighted by atomic mass is 10.1. The molecule has 0 bridgehead atoms. The van der Waals surface area contributed by atoms with Crippen LogP contribution in [0, 0.1) is 18.7 Å². The number of hydrogen-bond acceptors (Lipinski definition) is 4. The van der Waals surface area contributed by atoms with Gasteiger partial charge in [-0.1, -0.05) is 6.07 Å². The summed E-state index contributed by atoms with van der Waals surface area (Å²) in [5.41, 5.74) is 1.90. The molecule has 2 aliphatic heterocycles. The predicted molar refractivity (Wildman–Crippen MR) is 101 cm³/mol. The molecule has 2 aromatic rings. The van der Waals surface area contributed by atoms with Gasteiger partial charge < -0.3 is 20.3 Å². The zero-order valence-electron chi connectivity index (χ0n) is 15.1. The van der Waals surface area contributed by atoms with E-state index in [2.05, 4.69) is 10.6 Å². The van der Waals surface area contributed by atoms with Gasteiger partial charge >= 0.3 is 0 Å². The largest absolute Gasteiger partial charge is 0.482 e. The number of benzene rings is 2. The van der Waals surface area contributed by atoms with E-state index in [9.17, 15) is 18.8 Å². The molecule has 2 aromatic carbocycles. The summed E-state index contributed by atoms with van der Waals surface area (Å²) >= 11 is 0. The molecule has 4 rings (SSSR count). The fraction of sp³-hybridized carbons (Fsp3) is 0.250. The van der Waals surface area contributed by atoms with Crippen molar-refractivity contribution in [3.8, 4) is 5.75 Å². The van der Waals surface area contributed by atoms with Gasteiger partial charge in [0.1, 0.15) is 11.6 Å². The number of halogens is 1. The van der Waals surface area contributed by atoms with Crippen molar-refractivity contribution < 1.29 is 23.5 Å². The Hall–Kier alpha value is -3.42. The fourth-order valence-electron chi connectivity index (χ4n) is 3.29. The van der Waals surface area contributed by atoms with Crippen molar-refractivity contribution in [3.63, 3.8) is 0 Å². The molecule has 0 saturated carbocycles. The second kappa shape index (κ2) is 6.95. The summed E-state index contributed by atoms with van der Waals surface area (Å²) in [5.74, 6) is -1.23. The van der Waals surface area contributed by atoms with E-state index in [0.29, 0.717) is 28.4 Å². The number of carbonyl (C=O) groups excluding carboxylic acids is 3. The highest BCUT2D eigenvalue weighted by Crippen LogP contribution is 2.31. The Kier molecular flexibility index (Phi) is 4.46. The van der Waals surface area contributed by atoms with Crippen LogP contribution in [0.15, 0.2) is 36.4 Å². The number of fused-ring (bicyclic) bond motifs is 1. The van der Waals surface area contributed by atoms with E-state index in [1.165, 1.54) is 11.0 Å². The molecule has 7 nitrogen and oxygen atoms in total. The second-order valence-electron chi connectivity index (χ2n) is 6.88. The van der Waals surface area contributed by atoms with E-state index in [-0.39, 0.29) is 37.3 Å². The van der Waals surface area contributed by atoms with Crippen LogP contribution in [0.25, 0.3) is 0 Å². The third kappa shape index (κ3) is 3.40. The van der Waals surface area contributed by atoms with Crippen LogP contribution in [0.4, 0.5) is 21.5 Å². The number of ether oxygens (including phenoxy) is 1. The molecule has 28 heavy (non-hydrogen) atoms. The Morgan fingerprint density at radius 2 is 2.07 bits per heavy atom. The number of nitrogens with one attached hydrogen (secondary N) is 2. The smallest absolute Gasteiger partial charge is 0.262 e. The molecule has 144 valence electrons. The first kappa shape index (κ1) is 18.0. The van der Waals surface area contributed by atoms with Crippen molar-refractivity contribution in [2.75, 3.05) is 28.7 Å². The third-order valence-electron chi connectivity index (χ3n) is 4.84. The molecule has 2 N–H and O–H groups in total. The van der Waals surface area contributed by atoms with Crippen LogP contribution in [0.5, 0.6) is 5.75 Å². The molecule has 1 fully saturated rings. The number of aryl methyl sites for hydroxylation is 1. The monoisotopic (exact) mass is 383 g/mol. The summed E-state index contributed by atoms with van der Waals surface area (Å²) in [4.78, 5) is 37.8. The van der Waals surface area contributed by atoms with E-state index in [0.717, 1.165) is 0 Å². The van der Waals surface area contributed by atoms with E-state index >= 15 is 0 Å². The molecule has 2 heterocycles. The van der Waals surface area contributed by atoms with Gasteiger partial charge in [0.15, 0.2) is 6.61 Å². The molecule has 0 spiro atoms. The lowest BCUT2D eigenvalue weighted by molar-refractivity contribution is -0.122. The maximum absolute atomic E-state index is 13.8. The van der Waals surface area contributed by atoms with Gasteiger partial charge in [0.05, 0.1) is 11.6 Å². The average molecular weight is 383 g/mol. The lowest BCUT2D eigenvalue weighted by Gasteiger charge is -2.19. The van der Waals surface area contributed by atoms with Gasteiger partial charge in [-0.2, -0.15) is 0 Å². The molecule has 0 aromatic heterocycles. The summed E-state index contributed by atoms with van der Waals surface area (Å²) in [7, 11) is 0. The summed E-state index contributed by atoms with van der Waals surface area (Å²) in [5, 5.41) is 5.44. The lowest BCUT2D eigenvalue weighted by Crippen LogP contribution is -2.28. The molecule has 0 unspecified atom stereocenters. The van der Waals surface area contributed by atoms with E-state index in [4.69, 9.17) is 4.74 Å². The van der Waals surface area contributed by atoms with Gasteiger partial charge in [0.2, 0.25) is 11.8 Å². The van der Waals surface area contributed by atoms with E-state index in [1.54, 1.807) is 37.3 Å². The molecule has 1 atom stereocenters. The highest BCUT2D eigenvalue weighted by molar-refractivity contribution is 6.04. The first-order valence-electron chi connectivity index (χ1n) is 8.85. The van der Waals surface area contributed by atoms with Gasteiger partial charge in [0, 0.05) is 24.3 Å². The molecule has 8 heteroatoms. The zero-order chi connectivity index (χ0) is 19.8. The SMILES string of the molecule is Cc1ccc(N2C[C@@H](C(=O)Nc3ccc4c(c3)NC(=O)CO4)CC2=O)cc1F. The molecule has 0 aliphatic carbocycles. The van der Waals surface area contributed by atoms with Crippen LogP contribution in [-0.4, -0.2) is 30.9 Å². The number of rotatable bonds is 3. The fourth-order valence-corrected chi connectivity index (χ4v) is 3.29. The van der Waals surface area contributed by atoms with Crippen molar-refractivity contribution in [3.05, 3.63) is 47.8 Å². The topological polar surface area (TPSA) is 87.7 Å². The van der Waals surface area contributed by atoms with Gasteiger partial charge in [-0.05, 0) is 42.8 Å². The first-order chi connectivity index (χ1) is 13.4. The minimum atomic E-state index is -0.557. The van der Waals surface area contributed by atoms with Crippen LogP contribution in [0.3, 0.4) is 0 Å². The Morgan fingerprint density at radius 1 is 1.25 bits per heavy atom. The quantitative estimate of drug-likeness (QED) is 0.852. The summed E-state index contributed by atoms with van der Waals surface area (Å²) in [6.07, 6.45) is 0.0477. The van der Waals surface area contributed by atoms with Crippen molar-refractivity contribution >= 4 is 34.8 Å². The van der Waals surface area contributed by atoms with Gasteiger partial charge in [-0.3, -0.25) is 14.4 Å². The Labute approximate surface area is 160 Å². The molecule has 1 saturated heterocycles. The molecule has 0 radical (unpaired) electrons. The first-order valence-corrected chi connectivity index (χ1v) is 8.85. The van der Waals surface area contributed by atoms with Crippen molar-refractivity contribution in [2.24, 2.45) is 5.92 Å². The molecule has 2 aliphatic rings. The highest BCUT2D eigenvalue weighted by Gasteiger charge is 2.35. The number of hydrogen-bond donors (Lipinski definition) is 2. The molecule has 3 amide bonds. The van der Waals surface area contributed by atoms with E-state index in [1.807, 2.05) is 0 Å². The number of carbonyl (C=O) groups is 3. The zero-order valence-corrected chi connectivity index (χ0v) is 15.1. The van der Waals surface area contributed by atoms with Crippen LogP contribution in [0.2, 0.25) is 0 Å². The Bertz CT molecular complexity index is 991. The van der Waals surface area contributed by atoms with Crippen molar-refractivity contribution in [1.29, 1.82) is 0 Å². The van der Waals surface area contributed by atoms with Crippen LogP contribution >= 0.6 is 0 Å². The second-order valence-corrected chi connectivity index (χ2v) is 6.88. The standard InChI is InChI=1S/C20H18FN3O4/c1-11-2-4-14(8-15(11)21)24-9-12(6-19(24)26)20(27)22-13-3-5-17-16(7-13)23-18(25)10-28-17/h2-5,7-8,12H,6,9-10H2,1H3,(H,22,27)(H,23,25)/t12-/m0/s1. The van der Waals surface area contributed by atoms with Crippen LogP contribution in [-0.2, 0) is 14.4 Å². The minimum absolute atomic E-state index is 0.0433. The highest BCUT2D eigenvalue weighted by atomic mass is 19.1. The van der Waals surface area contributed by atoms with Gasteiger partial charge in [0.25, 0.3) is 5.91 Å². The average Bonchev–Trinajstić information content (AvgIpc) is 3.05. The van der Waals surface area contributed by atoms with Gasteiger partial charge in [-0.25, -0.2) is 4.39 Å². The molecular weight excluding hydrogens is 365 g/mol. The van der Waals surface area contributed by atoms with Crippen molar-refractivity contribution in [1.82, 2.24) is 0 Å². The summed E-state index contributed by atoms with van der Waals surface area (Å²) in [6.45, 7) is 1.78. The maximum atomic E-state index is 13.8. The normalized spacial score (nSPS) is 18.4. The van der Waals surface area contributed by atoms with Gasteiger partial charge in [-0.15, -0.1) is 0 Å².